The zero-order valence-corrected chi connectivity index (χ0v) is 35.5. The molecule has 3 fully saturated rings. The van der Waals surface area contributed by atoms with E-state index in [0.29, 0.717) is 0 Å². The molecule has 1 aromatic rings. The highest BCUT2D eigenvalue weighted by molar-refractivity contribution is 6.30. The summed E-state index contributed by atoms with van der Waals surface area (Å²) in [7, 11) is 0.922. The topological polar surface area (TPSA) is 240 Å². The number of hydrogen-bond donors (Lipinski definition) is 4. The zero-order valence-electron chi connectivity index (χ0n) is 34.7. The standard InChI is InChI=1S/C40H49ClF3NO16/c1-17-21(57-32(51)25(48)28(40(42,43)44)45-33(52)61-35(3,4)5)15-39(54)30(59-31(50)19-11-10-12-20(41)13-19)27-37(8,22(47)14-23-38(27,16-56-23)60-18(2)46)29(49)26(58-34(53)55-9)24(17)36(39,6)7/h10-13,21-23,25-28,30,47-48,54H,14-16H2,1-9H3,(H,45,52)/t21-,22-,23+,25+,26+,27-,28+,30-,37+,38-,39+/m0/s1. The molecule has 0 radical (unpaired) electrons. The summed E-state index contributed by atoms with van der Waals surface area (Å²) in [4.78, 5) is 81.5. The number of alkyl carbamates (subject to hydrolysis) is 1. The first kappa shape index (κ1) is 47.5. The molecule has 0 aromatic heterocycles. The Labute approximate surface area is 353 Å². The largest absolute Gasteiger partial charge is 0.509 e. The minimum atomic E-state index is -5.47. The van der Waals surface area contributed by atoms with Gasteiger partial charge in [0.1, 0.15) is 29.5 Å². The second-order valence-electron chi connectivity index (χ2n) is 17.4. The van der Waals surface area contributed by atoms with Crippen molar-refractivity contribution in [3.8, 4) is 0 Å². The van der Waals surface area contributed by atoms with Crippen LogP contribution in [0.1, 0.15) is 78.6 Å². The van der Waals surface area contributed by atoms with Gasteiger partial charge in [0, 0.05) is 30.2 Å². The van der Waals surface area contributed by atoms with Gasteiger partial charge in [-0.1, -0.05) is 31.5 Å². The van der Waals surface area contributed by atoms with E-state index in [9.17, 15) is 52.5 Å². The number of carbonyl (C=O) groups is 6. The van der Waals surface area contributed by atoms with Crippen molar-refractivity contribution in [2.45, 2.75) is 134 Å². The van der Waals surface area contributed by atoms with Crippen molar-refractivity contribution < 1.29 is 90.4 Å². The first-order chi connectivity index (χ1) is 28.0. The van der Waals surface area contributed by atoms with E-state index in [0.717, 1.165) is 14.0 Å². The molecule has 2 saturated carbocycles. The number of amides is 1. The number of carbonyl (C=O) groups excluding carboxylic acids is 6. The van der Waals surface area contributed by atoms with Crippen LogP contribution in [0.4, 0.5) is 22.8 Å². The number of methoxy groups -OCH3 is 1. The van der Waals surface area contributed by atoms with Gasteiger partial charge in [-0.2, -0.15) is 13.2 Å². The number of fused-ring (bicyclic) bond motifs is 5. The molecular weight excluding hydrogens is 843 g/mol. The number of ether oxygens (including phenoxy) is 7. The van der Waals surface area contributed by atoms with Crippen LogP contribution in [0.2, 0.25) is 5.02 Å². The fraction of sp³-hybridized carbons (Fsp3) is 0.650. The first-order valence-corrected chi connectivity index (χ1v) is 19.5. The third kappa shape index (κ3) is 8.40. The van der Waals surface area contributed by atoms with E-state index >= 15 is 4.79 Å². The molecule has 2 bridgehead atoms. The summed E-state index contributed by atoms with van der Waals surface area (Å²) in [5, 5.41) is 37.8. The highest BCUT2D eigenvalue weighted by atomic mass is 35.5. The maximum atomic E-state index is 15.4. The Morgan fingerprint density at radius 1 is 1.05 bits per heavy atom. The van der Waals surface area contributed by atoms with Gasteiger partial charge in [-0.3, -0.25) is 9.59 Å². The Hall–Kier alpha value is -4.50. The fourth-order valence-corrected chi connectivity index (χ4v) is 9.35. The molecule has 338 valence electrons. The molecule has 1 heterocycles. The lowest BCUT2D eigenvalue weighted by Gasteiger charge is -2.67. The number of esters is 3. The predicted molar refractivity (Wildman–Crippen MR) is 201 cm³/mol. The van der Waals surface area contributed by atoms with Crippen LogP contribution in [0.25, 0.3) is 0 Å². The second kappa shape index (κ2) is 16.3. The molecule has 4 N–H and O–H groups in total. The molecular formula is C40H49ClF3NO16. The molecule has 0 spiro atoms. The molecule has 4 aliphatic rings. The minimum absolute atomic E-state index is 0.0910. The van der Waals surface area contributed by atoms with Gasteiger partial charge in [0.25, 0.3) is 0 Å². The maximum absolute atomic E-state index is 15.4. The van der Waals surface area contributed by atoms with Gasteiger partial charge in [-0.05, 0) is 64.0 Å². The number of benzene rings is 1. The van der Waals surface area contributed by atoms with Crippen LogP contribution in [0.3, 0.4) is 0 Å². The number of hydrogen-bond acceptors (Lipinski definition) is 16. The highest BCUT2D eigenvalue weighted by Crippen LogP contribution is 2.64. The average Bonchev–Trinajstić information content (AvgIpc) is 3.13. The van der Waals surface area contributed by atoms with Crippen molar-refractivity contribution in [3.63, 3.8) is 0 Å². The van der Waals surface area contributed by atoms with Crippen LogP contribution in [0.5, 0.6) is 0 Å². The monoisotopic (exact) mass is 891 g/mol. The number of aliphatic hydroxyl groups excluding tert-OH is 2. The second-order valence-corrected chi connectivity index (χ2v) is 17.8. The van der Waals surface area contributed by atoms with E-state index in [-0.39, 0.29) is 28.2 Å². The summed E-state index contributed by atoms with van der Waals surface area (Å²) >= 11 is 6.19. The third-order valence-corrected chi connectivity index (χ3v) is 12.4. The Balaban J connectivity index is 1.76. The van der Waals surface area contributed by atoms with Crippen LogP contribution in [-0.4, -0.2) is 131 Å². The van der Waals surface area contributed by atoms with Crippen molar-refractivity contribution >= 4 is 47.5 Å². The molecule has 1 aromatic carbocycles. The van der Waals surface area contributed by atoms with E-state index < -0.39 is 131 Å². The van der Waals surface area contributed by atoms with Gasteiger partial charge in [0.2, 0.25) is 0 Å². The van der Waals surface area contributed by atoms with Gasteiger partial charge in [0.15, 0.2) is 29.6 Å². The molecule has 21 heteroatoms. The Morgan fingerprint density at radius 2 is 1.69 bits per heavy atom. The summed E-state index contributed by atoms with van der Waals surface area (Å²) in [5.41, 5.74) is -10.7. The number of halogens is 4. The summed E-state index contributed by atoms with van der Waals surface area (Å²) in [5.74, 6) is -6.90. The Morgan fingerprint density at radius 3 is 2.21 bits per heavy atom. The van der Waals surface area contributed by atoms with Crippen molar-refractivity contribution in [3.05, 3.63) is 46.0 Å². The Kier molecular flexibility index (Phi) is 12.7. The molecule has 3 aliphatic carbocycles. The molecule has 1 aliphatic heterocycles. The summed E-state index contributed by atoms with van der Waals surface area (Å²) in [6, 6.07) is 2.12. The highest BCUT2D eigenvalue weighted by Gasteiger charge is 2.78. The van der Waals surface area contributed by atoms with Gasteiger partial charge < -0.3 is 53.8 Å². The number of rotatable bonds is 8. The van der Waals surface area contributed by atoms with Crippen molar-refractivity contribution in [2.24, 2.45) is 16.7 Å². The molecule has 0 unspecified atom stereocenters. The normalized spacial score (nSPS) is 32.8. The predicted octanol–water partition coefficient (Wildman–Crippen LogP) is 3.89. The summed E-state index contributed by atoms with van der Waals surface area (Å²) in [6.07, 6.45) is -21.9. The van der Waals surface area contributed by atoms with Crippen LogP contribution >= 0.6 is 11.6 Å². The fourth-order valence-electron chi connectivity index (χ4n) is 9.16. The Bertz CT molecular complexity index is 2000. The maximum Gasteiger partial charge on any atom is 0.509 e. The smallest absolute Gasteiger partial charge is 0.456 e. The minimum Gasteiger partial charge on any atom is -0.456 e. The van der Waals surface area contributed by atoms with Crippen molar-refractivity contribution in [1.29, 1.82) is 0 Å². The van der Waals surface area contributed by atoms with E-state index in [1.165, 1.54) is 78.0 Å². The molecule has 61 heavy (non-hydrogen) atoms. The van der Waals surface area contributed by atoms with Crippen LogP contribution < -0.4 is 5.32 Å². The number of aliphatic hydroxyl groups is 3. The van der Waals surface area contributed by atoms with Crippen molar-refractivity contribution in [1.82, 2.24) is 5.32 Å². The quantitative estimate of drug-likeness (QED) is 0.164. The summed E-state index contributed by atoms with van der Waals surface area (Å²) in [6.45, 7) is 9.88. The van der Waals surface area contributed by atoms with Crippen molar-refractivity contribution in [2.75, 3.05) is 13.7 Å². The van der Waals surface area contributed by atoms with Gasteiger partial charge >= 0.3 is 36.3 Å². The van der Waals surface area contributed by atoms with Gasteiger partial charge in [-0.15, -0.1) is 0 Å². The van der Waals surface area contributed by atoms with Gasteiger partial charge in [-0.25, -0.2) is 19.2 Å². The molecule has 1 saturated heterocycles. The summed E-state index contributed by atoms with van der Waals surface area (Å²) < 4.78 is 81.6. The van der Waals surface area contributed by atoms with Gasteiger partial charge in [0.05, 0.1) is 36.7 Å². The van der Waals surface area contributed by atoms with E-state index in [1.54, 1.807) is 0 Å². The van der Waals surface area contributed by atoms with Crippen LogP contribution in [0, 0.1) is 16.7 Å². The SMILES string of the molecule is COC(=O)O[C@H]1C(=O)[C@@]2(C)[C@H]([C@H](OC(=O)c3cccc(Cl)c3)[C@]3(O)C[C@H](OC(=O)[C@H](O)[C@@H](NC(=O)OC(C)(C)C)C(F)(F)F)C(C)=C1C3(C)C)[C@]1(OC(C)=O)CO[C@@H]1C[C@@H]2O. The van der Waals surface area contributed by atoms with E-state index in [2.05, 4.69) is 0 Å². The third-order valence-electron chi connectivity index (χ3n) is 12.2. The lowest BCUT2D eigenvalue weighted by atomic mass is 9.44. The first-order valence-electron chi connectivity index (χ1n) is 19.1. The van der Waals surface area contributed by atoms with E-state index in [1.807, 2.05) is 0 Å². The number of alkyl halides is 3. The zero-order chi connectivity index (χ0) is 46.0. The molecule has 17 nitrogen and oxygen atoms in total. The molecule has 5 rings (SSSR count). The number of nitrogens with one attached hydrogen (secondary N) is 1. The molecule has 11 atom stereocenters. The average molecular weight is 892 g/mol. The van der Waals surface area contributed by atoms with Crippen LogP contribution in [0.15, 0.2) is 35.4 Å². The number of Topliss-reactive ketones (excluding diaryl/α,β-unsaturated/α-hetero) is 1. The lowest BCUT2D eigenvalue weighted by Crippen LogP contribution is -2.82. The lowest BCUT2D eigenvalue weighted by molar-refractivity contribution is -0.346. The van der Waals surface area contributed by atoms with Crippen LogP contribution in [-0.2, 0) is 47.5 Å². The molecule has 1 amide bonds. The number of ketones is 1. The van der Waals surface area contributed by atoms with E-state index in [4.69, 9.17) is 44.8 Å².